The number of anilines is 1. The van der Waals surface area contributed by atoms with Crippen molar-refractivity contribution in [3.05, 3.63) is 94.8 Å². The maximum absolute atomic E-state index is 12.4. The number of aryl methyl sites for hydroxylation is 2. The number of benzene rings is 2. The third-order valence-corrected chi connectivity index (χ3v) is 4.32. The van der Waals surface area contributed by atoms with Crippen molar-refractivity contribution in [1.82, 2.24) is 10.3 Å². The van der Waals surface area contributed by atoms with Crippen LogP contribution in [0.4, 0.5) is 5.69 Å². The summed E-state index contributed by atoms with van der Waals surface area (Å²) in [7, 11) is 0. The molecule has 1 amide bonds. The van der Waals surface area contributed by atoms with E-state index in [2.05, 4.69) is 46.8 Å². The first-order valence-corrected chi connectivity index (χ1v) is 8.69. The third-order valence-electron chi connectivity index (χ3n) is 4.32. The van der Waals surface area contributed by atoms with Crippen LogP contribution >= 0.6 is 0 Å². The van der Waals surface area contributed by atoms with Crippen molar-refractivity contribution in [1.29, 1.82) is 0 Å². The Balaban J connectivity index is 1.60. The molecular formula is C22H23N3O. The normalized spacial score (nSPS) is 10.4. The van der Waals surface area contributed by atoms with Gasteiger partial charge in [-0.15, -0.1) is 0 Å². The Bertz CT molecular complexity index is 888. The lowest BCUT2D eigenvalue weighted by atomic mass is 10.1. The van der Waals surface area contributed by atoms with Crippen LogP contribution in [0.3, 0.4) is 0 Å². The molecule has 26 heavy (non-hydrogen) atoms. The van der Waals surface area contributed by atoms with Gasteiger partial charge in [-0.1, -0.05) is 54.1 Å². The highest BCUT2D eigenvalue weighted by Gasteiger charge is 2.07. The van der Waals surface area contributed by atoms with Gasteiger partial charge >= 0.3 is 0 Å². The zero-order valence-electron chi connectivity index (χ0n) is 15.1. The van der Waals surface area contributed by atoms with Crippen LogP contribution in [0.25, 0.3) is 0 Å². The van der Waals surface area contributed by atoms with Crippen LogP contribution < -0.4 is 10.6 Å². The Morgan fingerprint density at radius 2 is 1.73 bits per heavy atom. The molecule has 3 rings (SSSR count). The molecule has 0 aliphatic carbocycles. The van der Waals surface area contributed by atoms with Gasteiger partial charge in [0.25, 0.3) is 5.91 Å². The molecule has 0 spiro atoms. The number of hydrogen-bond donors (Lipinski definition) is 2. The maximum atomic E-state index is 12.4. The van der Waals surface area contributed by atoms with E-state index in [4.69, 9.17) is 0 Å². The van der Waals surface area contributed by atoms with Crippen LogP contribution in [0.15, 0.2) is 67.0 Å². The molecule has 0 aliphatic rings. The third kappa shape index (κ3) is 4.70. The highest BCUT2D eigenvalue weighted by molar-refractivity contribution is 5.94. The molecule has 1 aromatic heterocycles. The fraction of sp³-hybridized carbons (Fsp3) is 0.182. The summed E-state index contributed by atoms with van der Waals surface area (Å²) in [5.74, 6) is -0.125. The standard InChI is InChI=1S/C22H23N3O/c1-16-7-9-18(10-8-16)12-24-21-11-20(13-23-15-21)22(26)25-14-19-6-4-3-5-17(19)2/h3-11,13,15,24H,12,14H2,1-2H3,(H,25,26). The smallest absolute Gasteiger partial charge is 0.253 e. The first-order chi connectivity index (χ1) is 12.6. The van der Waals surface area contributed by atoms with Crippen molar-refractivity contribution in [2.45, 2.75) is 26.9 Å². The van der Waals surface area contributed by atoms with E-state index in [1.54, 1.807) is 12.4 Å². The van der Waals surface area contributed by atoms with Crippen molar-refractivity contribution in [3.8, 4) is 0 Å². The van der Waals surface area contributed by atoms with E-state index in [1.165, 1.54) is 16.7 Å². The van der Waals surface area contributed by atoms with Crippen molar-refractivity contribution in [2.75, 3.05) is 5.32 Å². The van der Waals surface area contributed by atoms with Gasteiger partial charge in [-0.2, -0.15) is 0 Å². The van der Waals surface area contributed by atoms with E-state index in [0.29, 0.717) is 18.7 Å². The molecule has 0 saturated carbocycles. The zero-order chi connectivity index (χ0) is 18.4. The minimum absolute atomic E-state index is 0.125. The molecule has 0 radical (unpaired) electrons. The van der Waals surface area contributed by atoms with Crippen LogP contribution in [0.5, 0.6) is 0 Å². The van der Waals surface area contributed by atoms with Crippen LogP contribution in [0.1, 0.15) is 32.6 Å². The summed E-state index contributed by atoms with van der Waals surface area (Å²) >= 11 is 0. The minimum atomic E-state index is -0.125. The quantitative estimate of drug-likeness (QED) is 0.702. The summed E-state index contributed by atoms with van der Waals surface area (Å²) in [5.41, 5.74) is 6.08. The summed E-state index contributed by atoms with van der Waals surface area (Å²) in [5, 5.41) is 6.27. The van der Waals surface area contributed by atoms with Gasteiger partial charge in [0.05, 0.1) is 11.3 Å². The number of hydrogen-bond acceptors (Lipinski definition) is 3. The molecule has 0 bridgehead atoms. The molecule has 4 nitrogen and oxygen atoms in total. The predicted molar refractivity (Wildman–Crippen MR) is 105 cm³/mol. The van der Waals surface area contributed by atoms with Crippen molar-refractivity contribution < 1.29 is 4.79 Å². The topological polar surface area (TPSA) is 54.0 Å². The van der Waals surface area contributed by atoms with Gasteiger partial charge < -0.3 is 10.6 Å². The summed E-state index contributed by atoms with van der Waals surface area (Å²) in [4.78, 5) is 16.6. The first kappa shape index (κ1) is 17.7. The Labute approximate surface area is 154 Å². The summed E-state index contributed by atoms with van der Waals surface area (Å²) in [6.45, 7) is 5.31. The first-order valence-electron chi connectivity index (χ1n) is 8.69. The number of aromatic nitrogens is 1. The number of carbonyl (C=O) groups is 1. The van der Waals surface area contributed by atoms with Crippen molar-refractivity contribution >= 4 is 11.6 Å². The number of pyridine rings is 1. The molecule has 2 aromatic carbocycles. The van der Waals surface area contributed by atoms with Gasteiger partial charge in [-0.05, 0) is 36.6 Å². The van der Waals surface area contributed by atoms with Crippen LogP contribution in [-0.2, 0) is 13.1 Å². The second-order valence-electron chi connectivity index (χ2n) is 6.41. The Kier molecular flexibility index (Phi) is 5.64. The molecule has 0 fully saturated rings. The Hall–Kier alpha value is -3.14. The number of carbonyl (C=O) groups excluding carboxylic acids is 1. The highest BCUT2D eigenvalue weighted by Crippen LogP contribution is 2.12. The lowest BCUT2D eigenvalue weighted by Gasteiger charge is -2.10. The molecule has 4 heteroatoms. The molecule has 3 aromatic rings. The SMILES string of the molecule is Cc1ccc(CNc2cncc(C(=O)NCc3ccccc3C)c2)cc1. The lowest BCUT2D eigenvalue weighted by Crippen LogP contribution is -2.23. The number of rotatable bonds is 6. The van der Waals surface area contributed by atoms with E-state index in [-0.39, 0.29) is 5.91 Å². The van der Waals surface area contributed by atoms with Crippen molar-refractivity contribution in [2.24, 2.45) is 0 Å². The molecule has 0 unspecified atom stereocenters. The molecule has 0 aliphatic heterocycles. The Morgan fingerprint density at radius 1 is 0.962 bits per heavy atom. The van der Waals surface area contributed by atoms with E-state index < -0.39 is 0 Å². The summed E-state index contributed by atoms with van der Waals surface area (Å²) in [6.07, 6.45) is 3.32. The second kappa shape index (κ2) is 8.30. The molecule has 1 heterocycles. The van der Waals surface area contributed by atoms with Crippen LogP contribution in [0.2, 0.25) is 0 Å². The van der Waals surface area contributed by atoms with E-state index in [1.807, 2.05) is 37.3 Å². The van der Waals surface area contributed by atoms with E-state index >= 15 is 0 Å². The van der Waals surface area contributed by atoms with E-state index in [0.717, 1.165) is 11.3 Å². The average molecular weight is 345 g/mol. The molecule has 0 atom stereocenters. The van der Waals surface area contributed by atoms with Gasteiger partial charge in [-0.25, -0.2) is 0 Å². The average Bonchev–Trinajstić information content (AvgIpc) is 2.67. The van der Waals surface area contributed by atoms with Crippen LogP contribution in [-0.4, -0.2) is 10.9 Å². The largest absolute Gasteiger partial charge is 0.380 e. The molecule has 132 valence electrons. The summed E-state index contributed by atoms with van der Waals surface area (Å²) < 4.78 is 0. The van der Waals surface area contributed by atoms with Crippen molar-refractivity contribution in [3.63, 3.8) is 0 Å². The van der Waals surface area contributed by atoms with Gasteiger partial charge in [0.2, 0.25) is 0 Å². The monoisotopic (exact) mass is 345 g/mol. The highest BCUT2D eigenvalue weighted by atomic mass is 16.1. The van der Waals surface area contributed by atoms with Gasteiger partial charge in [0.15, 0.2) is 0 Å². The second-order valence-corrected chi connectivity index (χ2v) is 6.41. The zero-order valence-corrected chi connectivity index (χ0v) is 15.1. The predicted octanol–water partition coefficient (Wildman–Crippen LogP) is 4.24. The molecule has 2 N–H and O–H groups in total. The fourth-order valence-corrected chi connectivity index (χ4v) is 2.66. The molecular weight excluding hydrogens is 322 g/mol. The van der Waals surface area contributed by atoms with Crippen LogP contribution in [0, 0.1) is 13.8 Å². The Morgan fingerprint density at radius 3 is 2.50 bits per heavy atom. The number of amides is 1. The number of nitrogens with one attached hydrogen (secondary N) is 2. The van der Waals surface area contributed by atoms with E-state index in [9.17, 15) is 4.79 Å². The lowest BCUT2D eigenvalue weighted by molar-refractivity contribution is 0.0950. The number of nitrogens with zero attached hydrogens (tertiary/aromatic N) is 1. The molecule has 0 saturated heterocycles. The van der Waals surface area contributed by atoms with Gasteiger partial charge in [0.1, 0.15) is 0 Å². The minimum Gasteiger partial charge on any atom is -0.380 e. The maximum Gasteiger partial charge on any atom is 0.253 e. The van der Waals surface area contributed by atoms with Gasteiger partial charge in [-0.3, -0.25) is 9.78 Å². The summed E-state index contributed by atoms with van der Waals surface area (Å²) in [6, 6.07) is 18.2. The van der Waals surface area contributed by atoms with Gasteiger partial charge in [0, 0.05) is 25.5 Å². The fourth-order valence-electron chi connectivity index (χ4n) is 2.66.